The number of piperidine rings is 1. The van der Waals surface area contributed by atoms with Crippen LogP contribution in [0.3, 0.4) is 0 Å². The van der Waals surface area contributed by atoms with Crippen LogP contribution in [-0.2, 0) is 9.59 Å². The summed E-state index contributed by atoms with van der Waals surface area (Å²) in [4.78, 5) is 23.1. The number of amides is 1. The van der Waals surface area contributed by atoms with E-state index in [1.54, 1.807) is 0 Å². The van der Waals surface area contributed by atoms with Crippen molar-refractivity contribution in [3.8, 4) is 0 Å². The van der Waals surface area contributed by atoms with Crippen LogP contribution in [0.2, 0.25) is 0 Å². The first kappa shape index (κ1) is 27.2. The van der Waals surface area contributed by atoms with E-state index in [0.29, 0.717) is 42.1 Å². The van der Waals surface area contributed by atoms with E-state index in [1.807, 2.05) is 27.7 Å². The minimum Gasteiger partial charge on any atom is -0.481 e. The van der Waals surface area contributed by atoms with Crippen molar-refractivity contribution in [1.82, 2.24) is 5.32 Å². The fourth-order valence-corrected chi connectivity index (χ4v) is 8.57. The van der Waals surface area contributed by atoms with Crippen molar-refractivity contribution < 1.29 is 14.7 Å². The standard InChI is InChI=1S/C24H39NO3.2C2H6/c1-14(5-8-21(27)28)16-6-7-17-22-15(2)13-19-24(4,12-10-20(26)25-19)18(22)9-11-23(16,17)3;2*1-2/h14-19,22H,5-13H2,1-4H3,(H,25,26)(H,27,28);2*1-2H3/t14-,15?,16?,17?,18?,19?,22?,23-,24-;;/m1../s1. The van der Waals surface area contributed by atoms with Gasteiger partial charge in [0, 0.05) is 18.9 Å². The van der Waals surface area contributed by atoms with Crippen LogP contribution in [0.1, 0.15) is 113 Å². The molecule has 1 saturated heterocycles. The van der Waals surface area contributed by atoms with Gasteiger partial charge in [0.1, 0.15) is 0 Å². The Balaban J connectivity index is 0.000000860. The summed E-state index contributed by atoms with van der Waals surface area (Å²) >= 11 is 0. The first-order valence-electron chi connectivity index (χ1n) is 13.7. The number of carboxylic acids is 1. The van der Waals surface area contributed by atoms with Crippen LogP contribution in [0.25, 0.3) is 0 Å². The normalized spacial score (nSPS) is 43.1. The molecule has 3 saturated carbocycles. The minimum atomic E-state index is -0.658. The summed E-state index contributed by atoms with van der Waals surface area (Å²) in [6, 6.07) is 0.362. The number of fused-ring (bicyclic) bond motifs is 5. The van der Waals surface area contributed by atoms with Gasteiger partial charge in [-0.15, -0.1) is 0 Å². The molecule has 0 spiro atoms. The summed E-state index contributed by atoms with van der Waals surface area (Å²) in [5.74, 6) is 3.70. The number of carbonyl (C=O) groups excluding carboxylic acids is 1. The molecule has 186 valence electrons. The van der Waals surface area contributed by atoms with Crippen LogP contribution >= 0.6 is 0 Å². The molecule has 6 unspecified atom stereocenters. The number of hydrogen-bond acceptors (Lipinski definition) is 2. The highest BCUT2D eigenvalue weighted by atomic mass is 16.4. The van der Waals surface area contributed by atoms with Crippen molar-refractivity contribution in [2.75, 3.05) is 0 Å². The predicted molar refractivity (Wildman–Crippen MR) is 132 cm³/mol. The van der Waals surface area contributed by atoms with E-state index >= 15 is 0 Å². The Morgan fingerprint density at radius 3 is 2.31 bits per heavy atom. The second kappa shape index (κ2) is 10.9. The molecule has 0 radical (unpaired) electrons. The van der Waals surface area contributed by atoms with Crippen molar-refractivity contribution in [1.29, 1.82) is 0 Å². The highest BCUT2D eigenvalue weighted by Gasteiger charge is 2.62. The fourth-order valence-electron chi connectivity index (χ4n) is 8.57. The molecule has 0 aromatic heterocycles. The fraction of sp³-hybridized carbons (Fsp3) is 0.929. The van der Waals surface area contributed by atoms with E-state index in [0.717, 1.165) is 37.0 Å². The van der Waals surface area contributed by atoms with Crippen LogP contribution < -0.4 is 5.32 Å². The number of nitrogens with one attached hydrogen (secondary N) is 1. The van der Waals surface area contributed by atoms with Gasteiger partial charge < -0.3 is 10.4 Å². The maximum absolute atomic E-state index is 12.0. The lowest BCUT2D eigenvalue weighted by Gasteiger charge is -2.62. The van der Waals surface area contributed by atoms with E-state index in [1.165, 1.54) is 25.7 Å². The van der Waals surface area contributed by atoms with E-state index in [9.17, 15) is 9.59 Å². The minimum absolute atomic E-state index is 0.252. The van der Waals surface area contributed by atoms with Crippen LogP contribution in [0.15, 0.2) is 0 Å². The molecule has 4 nitrogen and oxygen atoms in total. The van der Waals surface area contributed by atoms with Gasteiger partial charge in [0.15, 0.2) is 0 Å². The molecular formula is C28H51NO3. The lowest BCUT2D eigenvalue weighted by molar-refractivity contribution is -0.144. The Hall–Kier alpha value is -1.06. The average molecular weight is 450 g/mol. The topological polar surface area (TPSA) is 66.4 Å². The van der Waals surface area contributed by atoms with E-state index in [2.05, 4.69) is 33.0 Å². The highest BCUT2D eigenvalue weighted by molar-refractivity contribution is 5.77. The van der Waals surface area contributed by atoms with Crippen molar-refractivity contribution in [2.45, 2.75) is 119 Å². The maximum atomic E-state index is 12.0. The smallest absolute Gasteiger partial charge is 0.303 e. The Morgan fingerprint density at radius 1 is 1.06 bits per heavy atom. The van der Waals surface area contributed by atoms with E-state index < -0.39 is 5.97 Å². The zero-order valence-electron chi connectivity index (χ0n) is 22.2. The van der Waals surface area contributed by atoms with Gasteiger partial charge in [0.25, 0.3) is 0 Å². The number of aliphatic carboxylic acids is 1. The highest BCUT2D eigenvalue weighted by Crippen LogP contribution is 2.67. The van der Waals surface area contributed by atoms with E-state index in [4.69, 9.17) is 5.11 Å². The molecule has 9 atom stereocenters. The lowest BCUT2D eigenvalue weighted by Crippen LogP contribution is -2.63. The number of carboxylic acid groups (broad SMARTS) is 1. The summed E-state index contributed by atoms with van der Waals surface area (Å²) < 4.78 is 0. The van der Waals surface area contributed by atoms with Crippen LogP contribution in [0, 0.1) is 46.3 Å². The van der Waals surface area contributed by atoms with Gasteiger partial charge in [-0.1, -0.05) is 55.4 Å². The monoisotopic (exact) mass is 449 g/mol. The Labute approximate surface area is 197 Å². The molecule has 32 heavy (non-hydrogen) atoms. The summed E-state index contributed by atoms with van der Waals surface area (Å²) in [5.41, 5.74) is 0.633. The molecule has 4 aliphatic rings. The summed E-state index contributed by atoms with van der Waals surface area (Å²) in [6.45, 7) is 17.7. The third-order valence-corrected chi connectivity index (χ3v) is 10.0. The van der Waals surface area contributed by atoms with Crippen molar-refractivity contribution in [3.63, 3.8) is 0 Å². The Bertz CT molecular complexity index is 649. The van der Waals surface area contributed by atoms with Gasteiger partial charge in [-0.3, -0.25) is 9.59 Å². The predicted octanol–water partition coefficient (Wildman–Crippen LogP) is 6.92. The first-order valence-corrected chi connectivity index (χ1v) is 13.7. The molecule has 2 N–H and O–H groups in total. The molecule has 0 bridgehead atoms. The van der Waals surface area contributed by atoms with Gasteiger partial charge >= 0.3 is 5.97 Å². The molecule has 4 rings (SSSR count). The Morgan fingerprint density at radius 2 is 1.69 bits per heavy atom. The molecule has 1 amide bonds. The summed E-state index contributed by atoms with van der Waals surface area (Å²) in [7, 11) is 0. The second-order valence-corrected chi connectivity index (χ2v) is 11.3. The van der Waals surface area contributed by atoms with Crippen LogP contribution in [-0.4, -0.2) is 23.0 Å². The molecule has 1 aliphatic heterocycles. The van der Waals surface area contributed by atoms with Gasteiger partial charge in [0.2, 0.25) is 5.91 Å². The quantitative estimate of drug-likeness (QED) is 0.489. The van der Waals surface area contributed by atoms with Gasteiger partial charge in [-0.05, 0) is 91.3 Å². The average Bonchev–Trinajstić information content (AvgIpc) is 3.13. The zero-order valence-corrected chi connectivity index (χ0v) is 22.2. The molecule has 4 heteroatoms. The van der Waals surface area contributed by atoms with Crippen LogP contribution in [0.5, 0.6) is 0 Å². The third kappa shape index (κ3) is 4.75. The lowest BCUT2D eigenvalue weighted by atomic mass is 9.44. The molecule has 4 fully saturated rings. The molecular weight excluding hydrogens is 398 g/mol. The second-order valence-electron chi connectivity index (χ2n) is 11.3. The Kier molecular flexibility index (Phi) is 9.27. The molecule has 3 aliphatic carbocycles. The SMILES string of the molecule is CC.CC.CC1CC2NC(=O)CC[C@]2(C)C2CC[C@@]3(C)C(CCC3[C@H](C)CCC(=O)O)C12. The van der Waals surface area contributed by atoms with Gasteiger partial charge in [0.05, 0.1) is 0 Å². The number of carbonyl (C=O) groups is 2. The number of rotatable bonds is 4. The van der Waals surface area contributed by atoms with E-state index in [-0.39, 0.29) is 11.3 Å². The van der Waals surface area contributed by atoms with Crippen molar-refractivity contribution in [2.24, 2.45) is 46.3 Å². The first-order chi connectivity index (χ1) is 15.2. The zero-order chi connectivity index (χ0) is 24.3. The van der Waals surface area contributed by atoms with Gasteiger partial charge in [-0.25, -0.2) is 0 Å². The molecule has 0 aromatic carbocycles. The molecule has 0 aromatic rings. The summed E-state index contributed by atoms with van der Waals surface area (Å²) in [6.07, 6.45) is 9.16. The van der Waals surface area contributed by atoms with Crippen molar-refractivity contribution in [3.05, 3.63) is 0 Å². The maximum Gasteiger partial charge on any atom is 0.303 e. The summed E-state index contributed by atoms with van der Waals surface area (Å²) in [5, 5.41) is 12.5. The number of hydrogen-bond donors (Lipinski definition) is 2. The largest absolute Gasteiger partial charge is 0.481 e. The van der Waals surface area contributed by atoms with Crippen molar-refractivity contribution >= 4 is 11.9 Å². The van der Waals surface area contributed by atoms with Crippen LogP contribution in [0.4, 0.5) is 0 Å². The molecule has 1 heterocycles. The third-order valence-electron chi connectivity index (χ3n) is 10.0. The van der Waals surface area contributed by atoms with Gasteiger partial charge in [-0.2, -0.15) is 0 Å².